The summed E-state index contributed by atoms with van der Waals surface area (Å²) in [4.78, 5) is 14.0. The number of nitrogens with two attached hydrogens (primary N) is 1. The van der Waals surface area contributed by atoms with E-state index in [1.54, 1.807) is 19.9 Å². The minimum Gasteiger partial charge on any atom is -0.374 e. The summed E-state index contributed by atoms with van der Waals surface area (Å²) in [6.45, 7) is 4.12. The summed E-state index contributed by atoms with van der Waals surface area (Å²) >= 11 is 0. The van der Waals surface area contributed by atoms with Crippen molar-refractivity contribution in [2.45, 2.75) is 50.3 Å². The normalized spacial score (nSPS) is 16.2. The second-order valence-electron chi connectivity index (χ2n) is 9.77. The molecule has 37 heavy (non-hydrogen) atoms. The molecule has 1 heterocycles. The van der Waals surface area contributed by atoms with Gasteiger partial charge in [0.15, 0.2) is 15.7 Å². The molecule has 1 amide bonds. The molecule has 0 aliphatic heterocycles. The monoisotopic (exact) mass is 524 g/mol. The van der Waals surface area contributed by atoms with Crippen molar-refractivity contribution in [1.82, 2.24) is 25.5 Å². The summed E-state index contributed by atoms with van der Waals surface area (Å²) in [5, 5.41) is 15.0. The molecule has 2 aromatic carbocycles. The largest absolute Gasteiger partial charge is 0.374 e. The number of sulfone groups is 1. The van der Waals surface area contributed by atoms with Crippen molar-refractivity contribution < 1.29 is 17.9 Å². The number of nitrogens with zero attached hydrogens (tertiary/aromatic N) is 4. The van der Waals surface area contributed by atoms with Crippen molar-refractivity contribution in [3.05, 3.63) is 83.2 Å². The molecule has 3 aromatic rings. The quantitative estimate of drug-likeness (QED) is 0.389. The van der Waals surface area contributed by atoms with Gasteiger partial charge in [0, 0.05) is 6.26 Å². The van der Waals surface area contributed by atoms with Crippen molar-refractivity contribution in [3.63, 3.8) is 0 Å². The van der Waals surface area contributed by atoms with Crippen LogP contribution in [-0.4, -0.2) is 52.9 Å². The van der Waals surface area contributed by atoms with Crippen molar-refractivity contribution in [3.8, 4) is 0 Å². The standard InChI is InChI=1S/C26H32N6O4S/c1-26(2,27)25(33)28-22(17-36-16-18-9-5-4-6-10-18)24-29-31-32(30-24)14-13-19-15-23(37(3,34)35)21-12-8-7-11-20(19)21/h4-12,15,22-23H,13-14,16-17,27H2,1-3H3,(H,28,33)/t22-,23?/m1/s1. The van der Waals surface area contributed by atoms with E-state index in [-0.39, 0.29) is 12.5 Å². The smallest absolute Gasteiger partial charge is 0.240 e. The molecule has 0 spiro atoms. The highest BCUT2D eigenvalue weighted by atomic mass is 32.2. The van der Waals surface area contributed by atoms with Crippen LogP contribution < -0.4 is 11.1 Å². The number of rotatable bonds is 11. The van der Waals surface area contributed by atoms with Crippen LogP contribution in [0.3, 0.4) is 0 Å². The lowest BCUT2D eigenvalue weighted by atomic mass is 10.0. The van der Waals surface area contributed by atoms with Crippen LogP contribution in [0.4, 0.5) is 0 Å². The Bertz CT molecular complexity index is 1380. The molecule has 1 aliphatic carbocycles. The summed E-state index contributed by atoms with van der Waals surface area (Å²) in [6.07, 6.45) is 3.56. The highest BCUT2D eigenvalue weighted by Crippen LogP contribution is 2.40. The minimum atomic E-state index is -3.28. The van der Waals surface area contributed by atoms with E-state index in [2.05, 4.69) is 20.7 Å². The first-order chi connectivity index (χ1) is 17.5. The Morgan fingerprint density at radius 1 is 1.16 bits per heavy atom. The average molecular weight is 525 g/mol. The fourth-order valence-corrected chi connectivity index (χ4v) is 5.15. The highest BCUT2D eigenvalue weighted by Gasteiger charge is 2.30. The number of hydrogen-bond acceptors (Lipinski definition) is 8. The van der Waals surface area contributed by atoms with Crippen molar-refractivity contribution in [2.24, 2.45) is 5.73 Å². The zero-order chi connectivity index (χ0) is 26.6. The fraction of sp³-hybridized carbons (Fsp3) is 0.385. The Morgan fingerprint density at radius 3 is 2.57 bits per heavy atom. The molecule has 1 aliphatic rings. The minimum absolute atomic E-state index is 0.136. The van der Waals surface area contributed by atoms with Gasteiger partial charge in [-0.1, -0.05) is 60.7 Å². The van der Waals surface area contributed by atoms with E-state index in [4.69, 9.17) is 10.5 Å². The number of aromatic nitrogens is 4. The van der Waals surface area contributed by atoms with Gasteiger partial charge < -0.3 is 15.8 Å². The van der Waals surface area contributed by atoms with Crippen molar-refractivity contribution >= 4 is 21.3 Å². The molecule has 4 rings (SSSR count). The predicted octanol–water partition coefficient (Wildman–Crippen LogP) is 2.36. The van der Waals surface area contributed by atoms with Crippen LogP contribution in [0.5, 0.6) is 0 Å². The van der Waals surface area contributed by atoms with Crippen molar-refractivity contribution in [2.75, 3.05) is 12.9 Å². The van der Waals surface area contributed by atoms with E-state index in [0.717, 1.165) is 22.3 Å². The number of carbonyl (C=O) groups is 1. The third kappa shape index (κ3) is 6.68. The molecule has 0 fully saturated rings. The summed E-state index contributed by atoms with van der Waals surface area (Å²) in [5.74, 6) is -0.0582. The Morgan fingerprint density at radius 2 is 1.86 bits per heavy atom. The third-order valence-corrected chi connectivity index (χ3v) is 7.39. The zero-order valence-corrected chi connectivity index (χ0v) is 22.0. The van der Waals surface area contributed by atoms with Gasteiger partial charge in [-0.3, -0.25) is 4.79 Å². The van der Waals surface area contributed by atoms with Gasteiger partial charge >= 0.3 is 0 Å². The number of fused-ring (bicyclic) bond motifs is 1. The zero-order valence-electron chi connectivity index (χ0n) is 21.2. The SMILES string of the molecule is CC(C)(N)C(=O)N[C@H](COCc1ccccc1)c1nnn(CCC2=CC(S(C)(=O)=O)c3ccccc32)n1. The van der Waals surface area contributed by atoms with E-state index >= 15 is 0 Å². The van der Waals surface area contributed by atoms with Crippen LogP contribution in [0.15, 0.2) is 60.7 Å². The number of allylic oxidation sites excluding steroid dienone is 1. The summed E-state index contributed by atoms with van der Waals surface area (Å²) in [6, 6.07) is 16.6. The topological polar surface area (TPSA) is 142 Å². The second-order valence-corrected chi connectivity index (χ2v) is 11.9. The number of hydrogen-bond donors (Lipinski definition) is 2. The maximum Gasteiger partial charge on any atom is 0.240 e. The average Bonchev–Trinajstić information content (AvgIpc) is 3.47. The van der Waals surface area contributed by atoms with E-state index in [1.165, 1.54) is 11.1 Å². The molecule has 196 valence electrons. The first kappa shape index (κ1) is 26.6. The number of tetrazole rings is 1. The van der Waals surface area contributed by atoms with Gasteiger partial charge in [0.25, 0.3) is 0 Å². The van der Waals surface area contributed by atoms with Gasteiger partial charge in [0.1, 0.15) is 11.3 Å². The molecule has 10 nitrogen and oxygen atoms in total. The lowest BCUT2D eigenvalue weighted by molar-refractivity contribution is -0.126. The molecule has 0 bridgehead atoms. The number of ether oxygens (including phenoxy) is 1. The Balaban J connectivity index is 1.46. The van der Waals surface area contributed by atoms with E-state index < -0.39 is 26.7 Å². The Labute approximate surface area is 216 Å². The van der Waals surface area contributed by atoms with Gasteiger partial charge in [-0.05, 0) is 47.7 Å². The summed E-state index contributed by atoms with van der Waals surface area (Å²) in [5.41, 5.74) is 8.50. The number of nitrogens with one attached hydrogen (secondary N) is 1. The van der Waals surface area contributed by atoms with Gasteiger partial charge in [-0.2, -0.15) is 4.80 Å². The number of carbonyl (C=O) groups excluding carboxylic acids is 1. The van der Waals surface area contributed by atoms with Crippen LogP contribution >= 0.6 is 0 Å². The molecular weight excluding hydrogens is 492 g/mol. The Hall–Kier alpha value is -3.41. The maximum absolute atomic E-state index is 12.6. The van der Waals surface area contributed by atoms with Crippen molar-refractivity contribution in [1.29, 1.82) is 0 Å². The summed E-state index contributed by atoms with van der Waals surface area (Å²) in [7, 11) is -3.28. The van der Waals surface area contributed by atoms with E-state index in [9.17, 15) is 13.2 Å². The van der Waals surface area contributed by atoms with E-state index in [0.29, 0.717) is 25.4 Å². The molecule has 11 heteroatoms. The van der Waals surface area contributed by atoms with E-state index in [1.807, 2.05) is 54.6 Å². The maximum atomic E-state index is 12.6. The Kier molecular flexibility index (Phi) is 7.86. The lowest BCUT2D eigenvalue weighted by Crippen LogP contribution is -2.50. The fourth-order valence-electron chi connectivity index (χ4n) is 4.08. The lowest BCUT2D eigenvalue weighted by Gasteiger charge is -2.22. The molecule has 2 atom stereocenters. The number of amides is 1. The molecule has 0 radical (unpaired) electrons. The third-order valence-electron chi connectivity index (χ3n) is 6.07. The molecular formula is C26H32N6O4S. The van der Waals surface area contributed by atoms with Gasteiger partial charge in [-0.15, -0.1) is 10.2 Å². The first-order valence-corrected chi connectivity index (χ1v) is 14.0. The molecule has 3 N–H and O–H groups in total. The van der Waals surface area contributed by atoms with Gasteiger partial charge in [0.05, 0.1) is 25.3 Å². The van der Waals surface area contributed by atoms with Crippen LogP contribution in [0.25, 0.3) is 5.57 Å². The van der Waals surface area contributed by atoms with Crippen LogP contribution in [0.1, 0.15) is 54.1 Å². The number of benzene rings is 2. The second kappa shape index (κ2) is 10.9. The first-order valence-electron chi connectivity index (χ1n) is 12.0. The van der Waals surface area contributed by atoms with Crippen LogP contribution in [0, 0.1) is 0 Å². The van der Waals surface area contributed by atoms with Crippen LogP contribution in [0.2, 0.25) is 0 Å². The molecule has 1 aromatic heterocycles. The molecule has 0 saturated heterocycles. The molecule has 1 unspecified atom stereocenters. The van der Waals surface area contributed by atoms with Crippen LogP contribution in [-0.2, 0) is 32.5 Å². The number of aryl methyl sites for hydroxylation is 1. The van der Waals surface area contributed by atoms with Gasteiger partial charge in [0.2, 0.25) is 5.91 Å². The predicted molar refractivity (Wildman–Crippen MR) is 140 cm³/mol. The molecule has 0 saturated carbocycles. The highest BCUT2D eigenvalue weighted by molar-refractivity contribution is 7.91. The summed E-state index contributed by atoms with van der Waals surface area (Å²) < 4.78 is 30.4. The van der Waals surface area contributed by atoms with Gasteiger partial charge in [-0.25, -0.2) is 8.42 Å².